The molecule has 1 aromatic carbocycles. The van der Waals surface area contributed by atoms with Gasteiger partial charge in [-0.15, -0.1) is 0 Å². The Balaban J connectivity index is 2.12. The summed E-state index contributed by atoms with van der Waals surface area (Å²) < 4.78 is 0. The lowest BCUT2D eigenvalue weighted by molar-refractivity contribution is 0.456. The molecule has 1 aromatic rings. The summed E-state index contributed by atoms with van der Waals surface area (Å²) >= 11 is 0. The van der Waals surface area contributed by atoms with Crippen LogP contribution in [0, 0.1) is 6.92 Å². The molecule has 13 heavy (non-hydrogen) atoms. The molecule has 2 nitrogen and oxygen atoms in total. The largest absolute Gasteiger partial charge is 0.367 e. The zero-order valence-electron chi connectivity index (χ0n) is 8.03. The van der Waals surface area contributed by atoms with Crippen molar-refractivity contribution >= 4 is 5.69 Å². The van der Waals surface area contributed by atoms with E-state index in [0.717, 1.165) is 13.1 Å². The molecule has 2 rings (SSSR count). The van der Waals surface area contributed by atoms with Crippen LogP contribution in [0.5, 0.6) is 0 Å². The first-order chi connectivity index (χ1) is 6.31. The number of hydrogen-bond acceptors (Lipinski definition) is 2. The fraction of sp³-hybridized carbons (Fsp3) is 0.455. The number of aryl methyl sites for hydroxylation is 1. The highest BCUT2D eigenvalue weighted by molar-refractivity contribution is 5.50. The minimum absolute atomic E-state index is 0.572. The van der Waals surface area contributed by atoms with E-state index in [1.54, 1.807) is 0 Å². The second-order valence-electron chi connectivity index (χ2n) is 3.71. The Hall–Kier alpha value is -1.02. The molecule has 2 N–H and O–H groups in total. The van der Waals surface area contributed by atoms with Gasteiger partial charge >= 0.3 is 0 Å². The van der Waals surface area contributed by atoms with Crippen molar-refractivity contribution < 1.29 is 0 Å². The Labute approximate surface area is 79.4 Å². The first-order valence-corrected chi connectivity index (χ1v) is 4.84. The van der Waals surface area contributed by atoms with E-state index in [1.807, 2.05) is 0 Å². The van der Waals surface area contributed by atoms with E-state index in [-0.39, 0.29) is 0 Å². The number of benzene rings is 1. The lowest BCUT2D eigenvalue weighted by Gasteiger charge is -2.42. The van der Waals surface area contributed by atoms with E-state index in [0.29, 0.717) is 6.04 Å². The van der Waals surface area contributed by atoms with Crippen molar-refractivity contribution in [2.24, 2.45) is 5.73 Å². The number of nitrogens with two attached hydrogens (primary N) is 1. The van der Waals surface area contributed by atoms with Crippen LogP contribution in [0.1, 0.15) is 12.0 Å². The maximum Gasteiger partial charge on any atom is 0.0429 e. The first-order valence-electron chi connectivity index (χ1n) is 4.84. The summed E-state index contributed by atoms with van der Waals surface area (Å²) in [6.45, 7) is 4.04. The van der Waals surface area contributed by atoms with Gasteiger partial charge in [0.05, 0.1) is 0 Å². The second kappa shape index (κ2) is 3.38. The summed E-state index contributed by atoms with van der Waals surface area (Å²) in [5.74, 6) is 0. The van der Waals surface area contributed by atoms with Gasteiger partial charge in [-0.2, -0.15) is 0 Å². The normalized spacial score (nSPS) is 21.4. The molecule has 1 unspecified atom stereocenters. The van der Waals surface area contributed by atoms with Crippen LogP contribution < -0.4 is 10.6 Å². The first kappa shape index (κ1) is 8.57. The van der Waals surface area contributed by atoms with Crippen LogP contribution in [-0.2, 0) is 0 Å². The molecule has 0 aromatic heterocycles. The van der Waals surface area contributed by atoms with E-state index in [1.165, 1.54) is 17.7 Å². The molecule has 0 spiro atoms. The molecule has 1 aliphatic heterocycles. The van der Waals surface area contributed by atoms with Crippen LogP contribution in [0.25, 0.3) is 0 Å². The zero-order valence-corrected chi connectivity index (χ0v) is 8.03. The van der Waals surface area contributed by atoms with Crippen molar-refractivity contribution in [1.82, 2.24) is 0 Å². The highest BCUT2D eigenvalue weighted by atomic mass is 15.2. The zero-order chi connectivity index (χ0) is 9.26. The van der Waals surface area contributed by atoms with Crippen molar-refractivity contribution in [1.29, 1.82) is 0 Å². The predicted octanol–water partition coefficient (Wildman–Crippen LogP) is 1.53. The van der Waals surface area contributed by atoms with Crippen molar-refractivity contribution in [3.05, 3.63) is 29.8 Å². The minimum atomic E-state index is 0.572. The highest BCUT2D eigenvalue weighted by Gasteiger charge is 2.26. The predicted molar refractivity (Wildman–Crippen MR) is 56.0 cm³/mol. The lowest BCUT2D eigenvalue weighted by atomic mass is 10.0. The Bertz CT molecular complexity index is 277. The third-order valence-electron chi connectivity index (χ3n) is 2.78. The average molecular weight is 176 g/mol. The molecular weight excluding hydrogens is 160 g/mol. The summed E-state index contributed by atoms with van der Waals surface area (Å²) in [6, 6.07) is 9.24. The van der Waals surface area contributed by atoms with Crippen LogP contribution >= 0.6 is 0 Å². The van der Waals surface area contributed by atoms with Gasteiger partial charge in [-0.1, -0.05) is 17.7 Å². The topological polar surface area (TPSA) is 29.3 Å². The maximum atomic E-state index is 5.65. The van der Waals surface area contributed by atoms with Crippen molar-refractivity contribution in [3.8, 4) is 0 Å². The molecule has 1 fully saturated rings. The molecule has 70 valence electrons. The standard InChI is InChI=1S/C11H16N2/c1-9-2-4-10(5-3-9)13-7-6-11(13)8-12/h2-5,11H,6-8,12H2,1H3. The number of rotatable bonds is 2. The third-order valence-corrected chi connectivity index (χ3v) is 2.78. The fourth-order valence-corrected chi connectivity index (χ4v) is 1.76. The van der Waals surface area contributed by atoms with Gasteiger partial charge < -0.3 is 10.6 Å². The molecule has 1 atom stereocenters. The van der Waals surface area contributed by atoms with Gasteiger partial charge in [0, 0.05) is 24.8 Å². The highest BCUT2D eigenvalue weighted by Crippen LogP contribution is 2.25. The SMILES string of the molecule is Cc1ccc(N2CCC2CN)cc1. The third kappa shape index (κ3) is 1.54. The van der Waals surface area contributed by atoms with Gasteiger partial charge in [0.25, 0.3) is 0 Å². The maximum absolute atomic E-state index is 5.65. The van der Waals surface area contributed by atoms with E-state index in [9.17, 15) is 0 Å². The Morgan fingerprint density at radius 1 is 1.38 bits per heavy atom. The number of hydrogen-bond donors (Lipinski definition) is 1. The minimum Gasteiger partial charge on any atom is -0.367 e. The lowest BCUT2D eigenvalue weighted by Crippen LogP contribution is -2.51. The quantitative estimate of drug-likeness (QED) is 0.740. The molecule has 0 aliphatic carbocycles. The van der Waals surface area contributed by atoms with Crippen LogP contribution in [0.15, 0.2) is 24.3 Å². The molecule has 0 radical (unpaired) electrons. The summed E-state index contributed by atoms with van der Waals surface area (Å²) in [6.07, 6.45) is 1.24. The Morgan fingerprint density at radius 2 is 2.08 bits per heavy atom. The van der Waals surface area contributed by atoms with Crippen LogP contribution in [-0.4, -0.2) is 19.1 Å². The van der Waals surface area contributed by atoms with Gasteiger partial charge in [-0.25, -0.2) is 0 Å². The second-order valence-corrected chi connectivity index (χ2v) is 3.71. The van der Waals surface area contributed by atoms with Crippen LogP contribution in [0.3, 0.4) is 0 Å². The Morgan fingerprint density at radius 3 is 2.54 bits per heavy atom. The summed E-state index contributed by atoms with van der Waals surface area (Å²) in [4.78, 5) is 2.37. The van der Waals surface area contributed by atoms with Gasteiger partial charge in [0.1, 0.15) is 0 Å². The van der Waals surface area contributed by atoms with Crippen molar-refractivity contribution in [2.45, 2.75) is 19.4 Å². The van der Waals surface area contributed by atoms with E-state index < -0.39 is 0 Å². The molecule has 1 heterocycles. The van der Waals surface area contributed by atoms with Crippen LogP contribution in [0.2, 0.25) is 0 Å². The van der Waals surface area contributed by atoms with Crippen LogP contribution in [0.4, 0.5) is 5.69 Å². The average Bonchev–Trinajstić information content (AvgIpc) is 2.08. The summed E-state index contributed by atoms with van der Waals surface area (Å²) in [7, 11) is 0. The number of anilines is 1. The van der Waals surface area contributed by atoms with Crippen molar-refractivity contribution in [2.75, 3.05) is 18.0 Å². The monoisotopic (exact) mass is 176 g/mol. The molecular formula is C11H16N2. The number of nitrogens with zero attached hydrogens (tertiary/aromatic N) is 1. The van der Waals surface area contributed by atoms with Gasteiger partial charge in [0.15, 0.2) is 0 Å². The van der Waals surface area contributed by atoms with Crippen molar-refractivity contribution in [3.63, 3.8) is 0 Å². The smallest absolute Gasteiger partial charge is 0.0429 e. The van der Waals surface area contributed by atoms with E-state index >= 15 is 0 Å². The van der Waals surface area contributed by atoms with E-state index in [2.05, 4.69) is 36.1 Å². The molecule has 0 bridgehead atoms. The fourth-order valence-electron chi connectivity index (χ4n) is 1.76. The summed E-state index contributed by atoms with van der Waals surface area (Å²) in [5, 5.41) is 0. The molecule has 2 heteroatoms. The Kier molecular flexibility index (Phi) is 2.23. The van der Waals surface area contributed by atoms with E-state index in [4.69, 9.17) is 5.73 Å². The molecule has 0 amide bonds. The molecule has 1 aliphatic rings. The van der Waals surface area contributed by atoms with Gasteiger partial charge in [0.2, 0.25) is 0 Å². The molecule has 0 saturated carbocycles. The van der Waals surface area contributed by atoms with Gasteiger partial charge in [-0.05, 0) is 25.5 Å². The van der Waals surface area contributed by atoms with Gasteiger partial charge in [-0.3, -0.25) is 0 Å². The molecule has 1 saturated heterocycles. The summed E-state index contributed by atoms with van der Waals surface area (Å²) in [5.41, 5.74) is 8.28.